The fraction of sp³-hybridized carbons (Fsp3) is 0.727. The average molecular weight is 195 g/mol. The molecule has 0 aliphatic heterocycles. The minimum absolute atomic E-state index is 0.242. The van der Waals surface area contributed by atoms with E-state index in [4.69, 9.17) is 5.73 Å². The van der Waals surface area contributed by atoms with Gasteiger partial charge in [0.25, 0.3) is 0 Å². The number of nitrogens with zero attached hydrogens (tertiary/aromatic N) is 2. The number of hydrogen-bond acceptors (Lipinski definition) is 2. The molecule has 0 bridgehead atoms. The standard InChI is InChI=1S/C11H21N3/c1-4-9(2)7-10(12)8-11-13-5-6-14(11)3/h5-6,9-10H,4,7-8,12H2,1-3H3. The molecule has 0 aromatic carbocycles. The second-order valence-corrected chi connectivity index (χ2v) is 4.17. The maximum Gasteiger partial charge on any atom is 0.109 e. The Morgan fingerprint density at radius 2 is 2.29 bits per heavy atom. The van der Waals surface area contributed by atoms with Gasteiger partial charge in [0, 0.05) is 31.9 Å². The summed E-state index contributed by atoms with van der Waals surface area (Å²) in [5.41, 5.74) is 6.06. The summed E-state index contributed by atoms with van der Waals surface area (Å²) in [5, 5.41) is 0. The van der Waals surface area contributed by atoms with Crippen molar-refractivity contribution in [2.75, 3.05) is 0 Å². The molecule has 0 fully saturated rings. The topological polar surface area (TPSA) is 43.8 Å². The normalized spacial score (nSPS) is 15.4. The van der Waals surface area contributed by atoms with Gasteiger partial charge in [0.05, 0.1) is 0 Å². The van der Waals surface area contributed by atoms with Crippen molar-refractivity contribution in [1.82, 2.24) is 9.55 Å². The third-order valence-electron chi connectivity index (χ3n) is 2.77. The molecule has 0 saturated heterocycles. The van der Waals surface area contributed by atoms with Crippen LogP contribution in [-0.4, -0.2) is 15.6 Å². The summed E-state index contributed by atoms with van der Waals surface area (Å²) in [6, 6.07) is 0.242. The van der Waals surface area contributed by atoms with Crippen molar-refractivity contribution in [3.8, 4) is 0 Å². The molecule has 1 aromatic heterocycles. The van der Waals surface area contributed by atoms with Crippen molar-refractivity contribution in [2.24, 2.45) is 18.7 Å². The number of imidazole rings is 1. The summed E-state index contributed by atoms with van der Waals surface area (Å²) >= 11 is 0. The molecule has 2 atom stereocenters. The van der Waals surface area contributed by atoms with Crippen molar-refractivity contribution in [3.05, 3.63) is 18.2 Å². The van der Waals surface area contributed by atoms with Gasteiger partial charge in [0.15, 0.2) is 0 Å². The van der Waals surface area contributed by atoms with Crippen LogP contribution in [-0.2, 0) is 13.5 Å². The average Bonchev–Trinajstić information content (AvgIpc) is 2.51. The first-order valence-corrected chi connectivity index (χ1v) is 5.35. The van der Waals surface area contributed by atoms with Gasteiger partial charge >= 0.3 is 0 Å². The molecule has 1 heterocycles. The van der Waals surface area contributed by atoms with Gasteiger partial charge < -0.3 is 10.3 Å². The van der Waals surface area contributed by atoms with Crippen LogP contribution < -0.4 is 5.73 Å². The molecule has 0 amide bonds. The van der Waals surface area contributed by atoms with E-state index in [2.05, 4.69) is 18.8 Å². The molecular formula is C11H21N3. The summed E-state index contributed by atoms with van der Waals surface area (Å²) in [6.07, 6.45) is 6.96. The molecule has 2 unspecified atom stereocenters. The Morgan fingerprint density at radius 1 is 1.57 bits per heavy atom. The number of aromatic nitrogens is 2. The molecule has 0 aliphatic carbocycles. The second-order valence-electron chi connectivity index (χ2n) is 4.17. The van der Waals surface area contributed by atoms with E-state index in [0.29, 0.717) is 5.92 Å². The van der Waals surface area contributed by atoms with Gasteiger partial charge in [-0.05, 0) is 12.3 Å². The molecule has 3 nitrogen and oxygen atoms in total. The second kappa shape index (κ2) is 5.15. The van der Waals surface area contributed by atoms with E-state index >= 15 is 0 Å². The number of hydrogen-bond donors (Lipinski definition) is 1. The highest BCUT2D eigenvalue weighted by molar-refractivity contribution is 4.94. The lowest BCUT2D eigenvalue weighted by molar-refractivity contribution is 0.443. The zero-order chi connectivity index (χ0) is 10.6. The van der Waals surface area contributed by atoms with Gasteiger partial charge in [-0.3, -0.25) is 0 Å². The summed E-state index contributed by atoms with van der Waals surface area (Å²) < 4.78 is 2.04. The zero-order valence-corrected chi connectivity index (χ0v) is 9.40. The lowest BCUT2D eigenvalue weighted by Crippen LogP contribution is -2.26. The maximum absolute atomic E-state index is 6.06. The first-order chi connectivity index (χ1) is 6.63. The molecule has 0 saturated carbocycles. The lowest BCUT2D eigenvalue weighted by atomic mass is 9.98. The molecule has 14 heavy (non-hydrogen) atoms. The first kappa shape index (κ1) is 11.2. The highest BCUT2D eigenvalue weighted by Crippen LogP contribution is 2.11. The van der Waals surface area contributed by atoms with E-state index in [-0.39, 0.29) is 6.04 Å². The Kier molecular flexibility index (Phi) is 4.14. The SMILES string of the molecule is CCC(C)CC(N)Cc1nccn1C. The minimum Gasteiger partial charge on any atom is -0.338 e. The quantitative estimate of drug-likeness (QED) is 0.777. The van der Waals surface area contributed by atoms with Crippen molar-refractivity contribution in [3.63, 3.8) is 0 Å². The van der Waals surface area contributed by atoms with Gasteiger partial charge in [-0.15, -0.1) is 0 Å². The highest BCUT2D eigenvalue weighted by Gasteiger charge is 2.10. The largest absolute Gasteiger partial charge is 0.338 e. The lowest BCUT2D eigenvalue weighted by Gasteiger charge is -2.15. The van der Waals surface area contributed by atoms with E-state index in [1.165, 1.54) is 6.42 Å². The summed E-state index contributed by atoms with van der Waals surface area (Å²) in [7, 11) is 2.01. The minimum atomic E-state index is 0.242. The van der Waals surface area contributed by atoms with Crippen LogP contribution in [0.2, 0.25) is 0 Å². The summed E-state index contributed by atoms with van der Waals surface area (Å²) in [5.74, 6) is 1.80. The van der Waals surface area contributed by atoms with Gasteiger partial charge in [0.2, 0.25) is 0 Å². The van der Waals surface area contributed by atoms with Crippen LogP contribution in [0.15, 0.2) is 12.4 Å². The Morgan fingerprint density at radius 3 is 2.79 bits per heavy atom. The molecule has 1 rings (SSSR count). The van der Waals surface area contributed by atoms with E-state index in [1.54, 1.807) is 0 Å². The van der Waals surface area contributed by atoms with E-state index in [1.807, 2.05) is 24.0 Å². The van der Waals surface area contributed by atoms with Gasteiger partial charge in [-0.25, -0.2) is 4.98 Å². The Balaban J connectivity index is 2.41. The van der Waals surface area contributed by atoms with Crippen LogP contribution in [0.1, 0.15) is 32.5 Å². The third kappa shape index (κ3) is 3.14. The van der Waals surface area contributed by atoms with Gasteiger partial charge in [-0.1, -0.05) is 20.3 Å². The van der Waals surface area contributed by atoms with Crippen LogP contribution in [0.25, 0.3) is 0 Å². The molecular weight excluding hydrogens is 174 g/mol. The molecule has 1 aromatic rings. The first-order valence-electron chi connectivity index (χ1n) is 5.35. The van der Waals surface area contributed by atoms with E-state index < -0.39 is 0 Å². The monoisotopic (exact) mass is 195 g/mol. The van der Waals surface area contributed by atoms with Crippen molar-refractivity contribution >= 4 is 0 Å². The van der Waals surface area contributed by atoms with Crippen LogP contribution in [0.5, 0.6) is 0 Å². The highest BCUT2D eigenvalue weighted by atomic mass is 15.0. The molecule has 80 valence electrons. The van der Waals surface area contributed by atoms with E-state index in [0.717, 1.165) is 18.7 Å². The van der Waals surface area contributed by atoms with Crippen molar-refractivity contribution < 1.29 is 0 Å². The maximum atomic E-state index is 6.06. The Hall–Kier alpha value is -0.830. The van der Waals surface area contributed by atoms with Gasteiger partial charge in [-0.2, -0.15) is 0 Å². The van der Waals surface area contributed by atoms with Crippen molar-refractivity contribution in [1.29, 1.82) is 0 Å². The summed E-state index contributed by atoms with van der Waals surface area (Å²) in [6.45, 7) is 4.45. The smallest absolute Gasteiger partial charge is 0.109 e. The number of rotatable bonds is 5. The fourth-order valence-corrected chi connectivity index (χ4v) is 1.59. The zero-order valence-electron chi connectivity index (χ0n) is 9.40. The van der Waals surface area contributed by atoms with Crippen molar-refractivity contribution in [2.45, 2.75) is 39.2 Å². The van der Waals surface area contributed by atoms with Crippen LogP contribution in [0.4, 0.5) is 0 Å². The van der Waals surface area contributed by atoms with Gasteiger partial charge in [0.1, 0.15) is 5.82 Å². The number of nitrogens with two attached hydrogens (primary N) is 1. The Bertz CT molecular complexity index is 267. The van der Waals surface area contributed by atoms with Crippen LogP contribution in [0, 0.1) is 5.92 Å². The number of aryl methyl sites for hydroxylation is 1. The third-order valence-corrected chi connectivity index (χ3v) is 2.77. The predicted octanol–water partition coefficient (Wildman–Crippen LogP) is 1.73. The molecule has 0 spiro atoms. The molecule has 0 aliphatic rings. The molecule has 0 radical (unpaired) electrons. The van der Waals surface area contributed by atoms with Crippen LogP contribution in [0.3, 0.4) is 0 Å². The fourth-order valence-electron chi connectivity index (χ4n) is 1.59. The molecule has 3 heteroatoms. The Labute approximate surface area is 86.3 Å². The predicted molar refractivity (Wildman–Crippen MR) is 59.0 cm³/mol. The van der Waals surface area contributed by atoms with Crippen LogP contribution >= 0.6 is 0 Å². The molecule has 2 N–H and O–H groups in total. The van der Waals surface area contributed by atoms with E-state index in [9.17, 15) is 0 Å². The summed E-state index contributed by atoms with van der Waals surface area (Å²) in [4.78, 5) is 4.27.